The second-order valence-corrected chi connectivity index (χ2v) is 6.18. The fraction of sp³-hybridized carbons (Fsp3) is 0.929. The van der Waals surface area contributed by atoms with Crippen LogP contribution in [0.5, 0.6) is 0 Å². The Morgan fingerprint density at radius 3 is 2.11 bits per heavy atom. The highest BCUT2D eigenvalue weighted by Gasteiger charge is 2.23. The molecule has 0 heterocycles. The van der Waals surface area contributed by atoms with Gasteiger partial charge in [0.25, 0.3) is 0 Å². The summed E-state index contributed by atoms with van der Waals surface area (Å²) in [7, 11) is 4.05. The minimum Gasteiger partial charge on any atom is -0.352 e. The molecule has 1 amide bonds. The number of carbonyl (C=O) groups is 1. The van der Waals surface area contributed by atoms with Gasteiger partial charge in [-0.2, -0.15) is 0 Å². The van der Waals surface area contributed by atoms with Crippen LogP contribution in [-0.4, -0.2) is 44.0 Å². The largest absolute Gasteiger partial charge is 0.352 e. The predicted octanol–water partition coefficient (Wildman–Crippen LogP) is 1.31. The third-order valence-corrected chi connectivity index (χ3v) is 3.11. The van der Waals surface area contributed by atoms with Crippen molar-refractivity contribution >= 4 is 5.91 Å². The molecular weight excluding hydrogens is 226 g/mol. The third-order valence-electron chi connectivity index (χ3n) is 3.11. The smallest absolute Gasteiger partial charge is 0.224 e. The zero-order valence-electron chi connectivity index (χ0n) is 12.9. The first kappa shape index (κ1) is 17.4. The first-order valence-electron chi connectivity index (χ1n) is 6.93. The number of amides is 1. The molecule has 0 rings (SSSR count). The van der Waals surface area contributed by atoms with E-state index in [2.05, 4.69) is 37.9 Å². The molecule has 4 heteroatoms. The highest BCUT2D eigenvalue weighted by Crippen LogP contribution is 2.12. The zero-order chi connectivity index (χ0) is 14.3. The summed E-state index contributed by atoms with van der Waals surface area (Å²) in [5, 5.41) is 3.14. The van der Waals surface area contributed by atoms with Crippen LogP contribution in [0.1, 0.15) is 34.1 Å². The van der Waals surface area contributed by atoms with Crippen LogP contribution in [0.2, 0.25) is 0 Å². The Balaban J connectivity index is 4.46. The summed E-state index contributed by atoms with van der Waals surface area (Å²) < 4.78 is 0. The molecule has 108 valence electrons. The Morgan fingerprint density at radius 1 is 1.22 bits per heavy atom. The van der Waals surface area contributed by atoms with Gasteiger partial charge in [0.2, 0.25) is 5.91 Å². The van der Waals surface area contributed by atoms with E-state index in [0.717, 1.165) is 13.0 Å². The molecule has 2 unspecified atom stereocenters. The van der Waals surface area contributed by atoms with Crippen LogP contribution in [0.4, 0.5) is 0 Å². The number of likely N-dealkylation sites (N-methyl/N-ethyl adjacent to an activating group) is 1. The summed E-state index contributed by atoms with van der Waals surface area (Å²) in [4.78, 5) is 14.3. The van der Waals surface area contributed by atoms with E-state index in [1.165, 1.54) is 0 Å². The highest BCUT2D eigenvalue weighted by atomic mass is 16.2. The fourth-order valence-electron chi connectivity index (χ4n) is 2.00. The van der Waals surface area contributed by atoms with Gasteiger partial charge in [0.15, 0.2) is 0 Å². The normalized spacial score (nSPS) is 15.2. The van der Waals surface area contributed by atoms with Gasteiger partial charge in [0.05, 0.1) is 5.92 Å². The van der Waals surface area contributed by atoms with Gasteiger partial charge in [0.1, 0.15) is 0 Å². The fourth-order valence-corrected chi connectivity index (χ4v) is 2.00. The van der Waals surface area contributed by atoms with E-state index in [4.69, 9.17) is 5.73 Å². The first-order chi connectivity index (χ1) is 8.27. The lowest BCUT2D eigenvalue weighted by molar-refractivity contribution is -0.126. The van der Waals surface area contributed by atoms with Gasteiger partial charge in [0, 0.05) is 19.1 Å². The number of rotatable bonds is 8. The molecule has 0 bridgehead atoms. The molecule has 4 nitrogen and oxygen atoms in total. The summed E-state index contributed by atoms with van der Waals surface area (Å²) in [5.74, 6) is 0.963. The molecule has 0 aliphatic carbocycles. The molecule has 0 aromatic rings. The van der Waals surface area contributed by atoms with Gasteiger partial charge < -0.3 is 16.0 Å². The maximum absolute atomic E-state index is 12.2. The van der Waals surface area contributed by atoms with Gasteiger partial charge in [-0.05, 0) is 32.4 Å². The van der Waals surface area contributed by atoms with Gasteiger partial charge in [-0.3, -0.25) is 4.79 Å². The molecule has 2 atom stereocenters. The van der Waals surface area contributed by atoms with Gasteiger partial charge in [-0.15, -0.1) is 0 Å². The Kier molecular flexibility index (Phi) is 8.20. The molecule has 0 aliphatic heterocycles. The summed E-state index contributed by atoms with van der Waals surface area (Å²) >= 11 is 0. The Hall–Kier alpha value is -0.610. The standard InChI is InChI=1S/C14H31N3O/c1-10(2)7-12(8-15)14(18)16-13(11(3)4)9-17(5)6/h10-13H,7-9,15H2,1-6H3,(H,16,18). The van der Waals surface area contributed by atoms with Crippen LogP contribution in [0.3, 0.4) is 0 Å². The lowest BCUT2D eigenvalue weighted by Crippen LogP contribution is -2.48. The minimum absolute atomic E-state index is 0.0617. The van der Waals surface area contributed by atoms with Gasteiger partial charge in [-0.1, -0.05) is 27.7 Å². The number of hydrogen-bond donors (Lipinski definition) is 2. The molecular formula is C14H31N3O. The first-order valence-corrected chi connectivity index (χ1v) is 6.93. The lowest BCUT2D eigenvalue weighted by Gasteiger charge is -2.28. The SMILES string of the molecule is CC(C)CC(CN)C(=O)NC(CN(C)C)C(C)C. The Labute approximate surface area is 112 Å². The summed E-state index contributed by atoms with van der Waals surface area (Å²) in [5.41, 5.74) is 5.70. The lowest BCUT2D eigenvalue weighted by atomic mass is 9.95. The molecule has 18 heavy (non-hydrogen) atoms. The van der Waals surface area contributed by atoms with Crippen molar-refractivity contribution in [3.63, 3.8) is 0 Å². The predicted molar refractivity (Wildman–Crippen MR) is 77.3 cm³/mol. The van der Waals surface area contributed by atoms with E-state index >= 15 is 0 Å². The van der Waals surface area contributed by atoms with Crippen molar-refractivity contribution in [2.24, 2.45) is 23.5 Å². The second kappa shape index (κ2) is 8.48. The molecule has 0 aliphatic rings. The molecule has 0 saturated heterocycles. The maximum atomic E-state index is 12.2. The van der Waals surface area contributed by atoms with Crippen LogP contribution >= 0.6 is 0 Å². The van der Waals surface area contributed by atoms with Crippen molar-refractivity contribution in [3.8, 4) is 0 Å². The maximum Gasteiger partial charge on any atom is 0.224 e. The van der Waals surface area contributed by atoms with E-state index in [-0.39, 0.29) is 17.9 Å². The Bertz CT molecular complexity index is 239. The molecule has 0 spiro atoms. The molecule has 0 aromatic carbocycles. The van der Waals surface area contributed by atoms with Crippen LogP contribution in [0, 0.1) is 17.8 Å². The zero-order valence-corrected chi connectivity index (χ0v) is 12.9. The van der Waals surface area contributed by atoms with Crippen molar-refractivity contribution in [3.05, 3.63) is 0 Å². The average molecular weight is 257 g/mol. The topological polar surface area (TPSA) is 58.4 Å². The second-order valence-electron chi connectivity index (χ2n) is 6.18. The van der Waals surface area contributed by atoms with Gasteiger partial charge >= 0.3 is 0 Å². The molecule has 0 radical (unpaired) electrons. The third kappa shape index (κ3) is 6.97. The Morgan fingerprint density at radius 2 is 1.78 bits per heavy atom. The monoisotopic (exact) mass is 257 g/mol. The molecule has 3 N–H and O–H groups in total. The van der Waals surface area contributed by atoms with Crippen LogP contribution in [0.15, 0.2) is 0 Å². The van der Waals surface area contributed by atoms with Crippen molar-refractivity contribution in [1.29, 1.82) is 0 Å². The highest BCUT2D eigenvalue weighted by molar-refractivity contribution is 5.79. The van der Waals surface area contributed by atoms with Crippen molar-refractivity contribution in [2.45, 2.75) is 40.2 Å². The van der Waals surface area contributed by atoms with Crippen LogP contribution in [-0.2, 0) is 4.79 Å². The van der Waals surface area contributed by atoms with Crippen molar-refractivity contribution in [1.82, 2.24) is 10.2 Å². The summed E-state index contributed by atoms with van der Waals surface area (Å²) in [6, 6.07) is 0.189. The van der Waals surface area contributed by atoms with E-state index in [1.807, 2.05) is 14.1 Å². The molecule has 0 aromatic heterocycles. The summed E-state index contributed by atoms with van der Waals surface area (Å²) in [6.07, 6.45) is 0.856. The number of nitrogens with one attached hydrogen (secondary N) is 1. The van der Waals surface area contributed by atoms with E-state index < -0.39 is 0 Å². The molecule has 0 fully saturated rings. The van der Waals surface area contributed by atoms with Crippen molar-refractivity contribution in [2.75, 3.05) is 27.2 Å². The van der Waals surface area contributed by atoms with E-state index in [0.29, 0.717) is 18.4 Å². The summed E-state index contributed by atoms with van der Waals surface area (Å²) in [6.45, 7) is 9.80. The number of hydrogen-bond acceptors (Lipinski definition) is 3. The van der Waals surface area contributed by atoms with E-state index in [9.17, 15) is 4.79 Å². The minimum atomic E-state index is -0.0617. The van der Waals surface area contributed by atoms with Crippen LogP contribution < -0.4 is 11.1 Å². The number of nitrogens with two attached hydrogens (primary N) is 1. The van der Waals surface area contributed by atoms with E-state index in [1.54, 1.807) is 0 Å². The van der Waals surface area contributed by atoms with Crippen LogP contribution in [0.25, 0.3) is 0 Å². The van der Waals surface area contributed by atoms with Crippen molar-refractivity contribution < 1.29 is 4.79 Å². The quantitative estimate of drug-likeness (QED) is 0.689. The number of carbonyl (C=O) groups excluding carboxylic acids is 1. The van der Waals surface area contributed by atoms with Gasteiger partial charge in [-0.25, -0.2) is 0 Å². The average Bonchev–Trinajstić information content (AvgIpc) is 2.23. The molecule has 0 saturated carbocycles. The number of nitrogens with zero attached hydrogens (tertiary/aromatic N) is 1.